The molecule has 1 amide bonds. The minimum atomic E-state index is -0.412. The second kappa shape index (κ2) is 8.79. The standard InChI is InChI=1S/C22H25N5O2S/c1-4-14-9-11-15(12-10-14)19-20(30-22-25-24-18(5-2)27(22)26-19)21(28)23-16-7-6-8-17(13-16)29-3/h6-13,19-20,26H,4-5H2,1-3H3,(H,23,28). The normalized spacial score (nSPS) is 17.7. The van der Waals surface area contributed by atoms with E-state index in [1.54, 1.807) is 7.11 Å². The van der Waals surface area contributed by atoms with Crippen LogP contribution >= 0.6 is 11.8 Å². The first-order valence-electron chi connectivity index (χ1n) is 10.0. The summed E-state index contributed by atoms with van der Waals surface area (Å²) in [4.78, 5) is 13.3. The van der Waals surface area contributed by atoms with Crippen LogP contribution in [0, 0.1) is 0 Å². The number of benzene rings is 2. The molecule has 2 aromatic carbocycles. The minimum absolute atomic E-state index is 0.0994. The molecule has 0 aliphatic carbocycles. The molecule has 156 valence electrons. The van der Waals surface area contributed by atoms with Gasteiger partial charge in [-0.25, -0.2) is 4.68 Å². The molecule has 0 bridgehead atoms. The molecular formula is C22H25N5O2S. The molecule has 0 spiro atoms. The van der Waals surface area contributed by atoms with E-state index in [4.69, 9.17) is 4.74 Å². The van der Waals surface area contributed by atoms with Gasteiger partial charge in [0.05, 0.1) is 13.2 Å². The van der Waals surface area contributed by atoms with Crippen molar-refractivity contribution in [3.05, 3.63) is 65.5 Å². The van der Waals surface area contributed by atoms with Crippen LogP contribution in [0.1, 0.15) is 36.8 Å². The predicted octanol–water partition coefficient (Wildman–Crippen LogP) is 3.81. The highest BCUT2D eigenvalue weighted by atomic mass is 32.2. The first-order chi connectivity index (χ1) is 14.6. The van der Waals surface area contributed by atoms with Crippen molar-refractivity contribution in [1.82, 2.24) is 14.9 Å². The molecule has 30 heavy (non-hydrogen) atoms. The third-order valence-corrected chi connectivity index (χ3v) is 6.38. The van der Waals surface area contributed by atoms with Crippen molar-refractivity contribution in [2.24, 2.45) is 0 Å². The molecule has 1 aliphatic heterocycles. The van der Waals surface area contributed by atoms with E-state index in [1.165, 1.54) is 17.3 Å². The third kappa shape index (κ3) is 4.00. The quantitative estimate of drug-likeness (QED) is 0.628. The highest BCUT2D eigenvalue weighted by molar-refractivity contribution is 8.00. The van der Waals surface area contributed by atoms with Gasteiger partial charge in [-0.3, -0.25) is 4.79 Å². The summed E-state index contributed by atoms with van der Waals surface area (Å²) in [5, 5.41) is 11.8. The highest BCUT2D eigenvalue weighted by Crippen LogP contribution is 2.37. The summed E-state index contributed by atoms with van der Waals surface area (Å²) in [6.45, 7) is 4.17. The van der Waals surface area contributed by atoms with Gasteiger partial charge < -0.3 is 15.5 Å². The molecule has 3 aromatic rings. The summed E-state index contributed by atoms with van der Waals surface area (Å²) in [6, 6.07) is 15.5. The van der Waals surface area contributed by atoms with Gasteiger partial charge in [-0.2, -0.15) is 0 Å². The van der Waals surface area contributed by atoms with Crippen LogP contribution in [0.5, 0.6) is 5.75 Å². The van der Waals surface area contributed by atoms with Crippen molar-refractivity contribution in [3.63, 3.8) is 0 Å². The van der Waals surface area contributed by atoms with Crippen molar-refractivity contribution >= 4 is 23.4 Å². The first kappa shape index (κ1) is 20.3. The Morgan fingerprint density at radius 2 is 1.97 bits per heavy atom. The van der Waals surface area contributed by atoms with E-state index < -0.39 is 5.25 Å². The number of aryl methyl sites for hydroxylation is 2. The van der Waals surface area contributed by atoms with Crippen molar-refractivity contribution < 1.29 is 9.53 Å². The maximum atomic E-state index is 13.3. The number of amides is 1. The summed E-state index contributed by atoms with van der Waals surface area (Å²) in [7, 11) is 1.61. The molecular weight excluding hydrogens is 398 g/mol. The summed E-state index contributed by atoms with van der Waals surface area (Å²) in [6.07, 6.45) is 1.73. The molecule has 1 aliphatic rings. The fraction of sp³-hybridized carbons (Fsp3) is 0.318. The van der Waals surface area contributed by atoms with Crippen LogP contribution in [-0.4, -0.2) is 33.1 Å². The average Bonchev–Trinajstić information content (AvgIpc) is 3.20. The molecule has 8 heteroatoms. The van der Waals surface area contributed by atoms with Gasteiger partial charge in [0.1, 0.15) is 11.0 Å². The van der Waals surface area contributed by atoms with Crippen molar-refractivity contribution in [3.8, 4) is 5.75 Å². The lowest BCUT2D eigenvalue weighted by Crippen LogP contribution is -2.41. The van der Waals surface area contributed by atoms with Gasteiger partial charge in [0.25, 0.3) is 0 Å². The van der Waals surface area contributed by atoms with E-state index in [2.05, 4.69) is 52.1 Å². The van der Waals surface area contributed by atoms with E-state index in [0.29, 0.717) is 16.6 Å². The Morgan fingerprint density at radius 3 is 2.67 bits per heavy atom. The molecule has 0 fully saturated rings. The number of aromatic nitrogens is 3. The maximum Gasteiger partial charge on any atom is 0.240 e. The zero-order chi connectivity index (χ0) is 21.1. The van der Waals surface area contributed by atoms with E-state index in [1.807, 2.05) is 35.9 Å². The van der Waals surface area contributed by atoms with Crippen LogP contribution in [0.2, 0.25) is 0 Å². The van der Waals surface area contributed by atoms with Gasteiger partial charge in [0, 0.05) is 18.2 Å². The van der Waals surface area contributed by atoms with Gasteiger partial charge in [-0.15, -0.1) is 10.2 Å². The maximum absolute atomic E-state index is 13.3. The van der Waals surface area contributed by atoms with Gasteiger partial charge in [0.2, 0.25) is 11.1 Å². The van der Waals surface area contributed by atoms with Gasteiger partial charge in [0.15, 0.2) is 5.82 Å². The lowest BCUT2D eigenvalue weighted by molar-refractivity contribution is -0.116. The van der Waals surface area contributed by atoms with E-state index in [0.717, 1.165) is 24.2 Å². The number of hydrogen-bond donors (Lipinski definition) is 2. The fourth-order valence-electron chi connectivity index (χ4n) is 3.45. The second-order valence-corrected chi connectivity index (χ2v) is 8.16. The van der Waals surface area contributed by atoms with Crippen LogP contribution in [0.3, 0.4) is 0 Å². The van der Waals surface area contributed by atoms with E-state index in [-0.39, 0.29) is 11.9 Å². The van der Waals surface area contributed by atoms with Crippen LogP contribution in [0.15, 0.2) is 53.7 Å². The molecule has 2 unspecified atom stereocenters. The molecule has 0 saturated carbocycles. The highest BCUT2D eigenvalue weighted by Gasteiger charge is 2.37. The number of nitrogens with one attached hydrogen (secondary N) is 2. The Morgan fingerprint density at radius 1 is 1.17 bits per heavy atom. The molecule has 1 aromatic heterocycles. The monoisotopic (exact) mass is 423 g/mol. The summed E-state index contributed by atoms with van der Waals surface area (Å²) in [5.74, 6) is 1.44. The number of hydrogen-bond acceptors (Lipinski definition) is 6. The lowest BCUT2D eigenvalue weighted by Gasteiger charge is -2.33. The number of carbonyl (C=O) groups is 1. The van der Waals surface area contributed by atoms with Crippen LogP contribution in [0.25, 0.3) is 0 Å². The number of rotatable bonds is 6. The zero-order valence-corrected chi connectivity index (χ0v) is 18.1. The number of fused-ring (bicyclic) bond motifs is 1. The SMILES string of the molecule is CCc1ccc(C2Nn3c(CC)nnc3SC2C(=O)Nc2cccc(OC)c2)cc1. The van der Waals surface area contributed by atoms with Gasteiger partial charge >= 0.3 is 0 Å². The van der Waals surface area contributed by atoms with Gasteiger partial charge in [-0.05, 0) is 29.7 Å². The van der Waals surface area contributed by atoms with E-state index in [9.17, 15) is 4.79 Å². The molecule has 2 heterocycles. The molecule has 2 atom stereocenters. The van der Waals surface area contributed by atoms with Crippen LogP contribution < -0.4 is 15.5 Å². The molecule has 7 nitrogen and oxygen atoms in total. The fourth-order valence-corrected chi connectivity index (χ4v) is 4.55. The van der Waals surface area contributed by atoms with Crippen molar-refractivity contribution in [1.29, 1.82) is 0 Å². The topological polar surface area (TPSA) is 81.1 Å². The van der Waals surface area contributed by atoms with Crippen LogP contribution in [0.4, 0.5) is 5.69 Å². The Bertz CT molecular complexity index is 1030. The molecule has 0 saturated heterocycles. The zero-order valence-electron chi connectivity index (χ0n) is 17.3. The molecule has 0 radical (unpaired) electrons. The largest absolute Gasteiger partial charge is 0.497 e. The predicted molar refractivity (Wildman–Crippen MR) is 119 cm³/mol. The second-order valence-electron chi connectivity index (χ2n) is 7.05. The minimum Gasteiger partial charge on any atom is -0.497 e. The average molecular weight is 424 g/mol. The lowest BCUT2D eigenvalue weighted by atomic mass is 10.0. The number of ether oxygens (including phenoxy) is 1. The first-order valence-corrected chi connectivity index (χ1v) is 10.9. The summed E-state index contributed by atoms with van der Waals surface area (Å²) >= 11 is 1.43. The number of anilines is 1. The Labute approximate surface area is 180 Å². The van der Waals surface area contributed by atoms with E-state index >= 15 is 0 Å². The summed E-state index contributed by atoms with van der Waals surface area (Å²) in [5.41, 5.74) is 6.48. The number of carbonyl (C=O) groups excluding carboxylic acids is 1. The Hall–Kier alpha value is -3.00. The molecule has 4 rings (SSSR count). The number of thioether (sulfide) groups is 1. The Kier molecular flexibility index (Phi) is 5.94. The third-order valence-electron chi connectivity index (χ3n) is 5.16. The van der Waals surface area contributed by atoms with Gasteiger partial charge in [-0.1, -0.05) is 55.9 Å². The summed E-state index contributed by atoms with van der Waals surface area (Å²) < 4.78 is 7.17. The molecule has 2 N–H and O–H groups in total. The van der Waals surface area contributed by atoms with Crippen molar-refractivity contribution in [2.45, 2.75) is 43.1 Å². The number of methoxy groups -OCH3 is 1. The van der Waals surface area contributed by atoms with Crippen molar-refractivity contribution in [2.75, 3.05) is 17.9 Å². The Balaban J connectivity index is 1.65. The van der Waals surface area contributed by atoms with Crippen LogP contribution in [-0.2, 0) is 17.6 Å². The smallest absolute Gasteiger partial charge is 0.240 e. The number of nitrogens with zero attached hydrogens (tertiary/aromatic N) is 3.